The highest BCUT2D eigenvalue weighted by Gasteiger charge is 2.21. The molecule has 3 rings (SSSR count). The minimum atomic E-state index is -0.446. The first-order valence-corrected chi connectivity index (χ1v) is 10.00. The Bertz CT molecular complexity index is 1060. The molecule has 0 unspecified atom stereocenters. The lowest BCUT2D eigenvalue weighted by molar-refractivity contribution is -0.116. The highest BCUT2D eigenvalue weighted by atomic mass is 32.1. The van der Waals surface area contributed by atoms with Gasteiger partial charge in [-0.3, -0.25) is 14.5 Å². The fraction of sp³-hybridized carbons (Fsp3) is 0.182. The predicted molar refractivity (Wildman–Crippen MR) is 116 cm³/mol. The van der Waals surface area contributed by atoms with Gasteiger partial charge in [0.05, 0.1) is 24.9 Å². The molecule has 0 spiro atoms. The molecule has 2 amide bonds. The number of nitrogens with one attached hydrogen (secondary N) is 1. The number of rotatable bonds is 6. The monoisotopic (exact) mass is 423 g/mol. The van der Waals surface area contributed by atoms with Crippen LogP contribution in [-0.4, -0.2) is 29.9 Å². The third-order valence-corrected chi connectivity index (χ3v) is 5.53. The molecular formula is C22H21N3O4S. The minimum Gasteiger partial charge on any atom is -0.465 e. The Labute approximate surface area is 178 Å². The zero-order chi connectivity index (χ0) is 21.7. The molecule has 8 heteroatoms. The summed E-state index contributed by atoms with van der Waals surface area (Å²) >= 11 is 1.16. The van der Waals surface area contributed by atoms with Crippen molar-refractivity contribution in [2.75, 3.05) is 17.3 Å². The van der Waals surface area contributed by atoms with E-state index in [-0.39, 0.29) is 11.8 Å². The summed E-state index contributed by atoms with van der Waals surface area (Å²) in [5.74, 6) is -0.929. The van der Waals surface area contributed by atoms with Crippen LogP contribution in [0.2, 0.25) is 0 Å². The van der Waals surface area contributed by atoms with Gasteiger partial charge in [0.15, 0.2) is 5.13 Å². The number of aryl methyl sites for hydroxylation is 1. The number of anilines is 2. The van der Waals surface area contributed by atoms with Crippen molar-refractivity contribution in [1.82, 2.24) is 4.98 Å². The van der Waals surface area contributed by atoms with Crippen molar-refractivity contribution in [1.29, 1.82) is 0 Å². The van der Waals surface area contributed by atoms with Crippen LogP contribution in [0.25, 0.3) is 0 Å². The summed E-state index contributed by atoms with van der Waals surface area (Å²) in [5.41, 5.74) is 2.44. The van der Waals surface area contributed by atoms with Crippen LogP contribution < -0.4 is 10.2 Å². The van der Waals surface area contributed by atoms with E-state index < -0.39 is 5.97 Å². The van der Waals surface area contributed by atoms with Crippen molar-refractivity contribution in [3.05, 3.63) is 76.3 Å². The van der Waals surface area contributed by atoms with Crippen molar-refractivity contribution in [3.63, 3.8) is 0 Å². The van der Waals surface area contributed by atoms with Crippen LogP contribution in [0.1, 0.15) is 38.2 Å². The van der Waals surface area contributed by atoms with Crippen LogP contribution >= 0.6 is 11.3 Å². The smallest absolute Gasteiger partial charge is 0.337 e. The number of carbonyl (C=O) groups excluding carboxylic acids is 3. The lowest BCUT2D eigenvalue weighted by atomic mass is 10.2. The van der Waals surface area contributed by atoms with Gasteiger partial charge in [0.25, 0.3) is 5.91 Å². The molecule has 0 fully saturated rings. The van der Waals surface area contributed by atoms with Crippen molar-refractivity contribution in [2.45, 2.75) is 20.4 Å². The first kappa shape index (κ1) is 21.2. The van der Waals surface area contributed by atoms with Gasteiger partial charge in [-0.05, 0) is 36.8 Å². The number of thiazole rings is 1. The van der Waals surface area contributed by atoms with E-state index in [1.54, 1.807) is 36.1 Å². The summed E-state index contributed by atoms with van der Waals surface area (Å²) in [6.45, 7) is 3.58. The number of hydrogen-bond donors (Lipinski definition) is 1. The number of carbonyl (C=O) groups is 3. The Balaban J connectivity index is 1.77. The molecular weight excluding hydrogens is 402 g/mol. The molecule has 30 heavy (non-hydrogen) atoms. The number of esters is 1. The molecule has 0 saturated heterocycles. The molecule has 154 valence electrons. The summed E-state index contributed by atoms with van der Waals surface area (Å²) in [6, 6.07) is 16.0. The van der Waals surface area contributed by atoms with E-state index in [4.69, 9.17) is 0 Å². The second kappa shape index (κ2) is 9.32. The summed E-state index contributed by atoms with van der Waals surface area (Å²) in [7, 11) is 1.31. The lowest BCUT2D eigenvalue weighted by Crippen LogP contribution is -2.27. The lowest BCUT2D eigenvalue weighted by Gasteiger charge is -2.17. The van der Waals surface area contributed by atoms with E-state index in [1.165, 1.54) is 14.0 Å². The van der Waals surface area contributed by atoms with Crippen LogP contribution in [-0.2, 0) is 16.1 Å². The van der Waals surface area contributed by atoms with E-state index in [1.807, 2.05) is 30.3 Å². The van der Waals surface area contributed by atoms with Crippen LogP contribution in [0, 0.1) is 6.92 Å². The molecule has 0 aliphatic heterocycles. The second-order valence-electron chi connectivity index (χ2n) is 6.52. The highest BCUT2D eigenvalue weighted by Crippen LogP contribution is 2.28. The Morgan fingerprint density at radius 1 is 1.07 bits per heavy atom. The number of aromatic nitrogens is 1. The van der Waals surface area contributed by atoms with Crippen LogP contribution in [0.3, 0.4) is 0 Å². The zero-order valence-corrected chi connectivity index (χ0v) is 17.7. The van der Waals surface area contributed by atoms with Gasteiger partial charge in [-0.25, -0.2) is 9.78 Å². The maximum absolute atomic E-state index is 12.7. The van der Waals surface area contributed by atoms with E-state index in [9.17, 15) is 14.4 Å². The Hall–Kier alpha value is -3.52. The maximum atomic E-state index is 12.7. The Morgan fingerprint density at radius 2 is 1.73 bits per heavy atom. The topological polar surface area (TPSA) is 88.6 Å². The van der Waals surface area contributed by atoms with Gasteiger partial charge in [-0.2, -0.15) is 0 Å². The molecule has 0 radical (unpaired) electrons. The van der Waals surface area contributed by atoms with Gasteiger partial charge in [0, 0.05) is 12.6 Å². The van der Waals surface area contributed by atoms with Gasteiger partial charge in [0.2, 0.25) is 5.91 Å². The standard InChI is InChI=1S/C22H21N3O4S/c1-14-19(20(27)24-18-11-9-17(10-12-18)21(28)29-3)30-22(23-14)25(15(2)26)13-16-7-5-4-6-8-16/h4-12H,13H2,1-3H3,(H,24,27). The number of nitrogens with zero attached hydrogens (tertiary/aromatic N) is 2. The van der Waals surface area contributed by atoms with Gasteiger partial charge < -0.3 is 10.1 Å². The molecule has 0 aliphatic rings. The normalized spacial score (nSPS) is 10.4. The third kappa shape index (κ3) is 4.90. The molecule has 7 nitrogen and oxygen atoms in total. The van der Waals surface area contributed by atoms with Gasteiger partial charge in [0.1, 0.15) is 4.88 Å². The van der Waals surface area contributed by atoms with Gasteiger partial charge in [-0.15, -0.1) is 0 Å². The Kier molecular flexibility index (Phi) is 6.58. The van der Waals surface area contributed by atoms with Gasteiger partial charge in [-0.1, -0.05) is 41.7 Å². The molecule has 1 aromatic heterocycles. The van der Waals surface area contributed by atoms with E-state index in [0.717, 1.165) is 16.9 Å². The van der Waals surface area contributed by atoms with Crippen LogP contribution in [0.4, 0.5) is 10.8 Å². The fourth-order valence-electron chi connectivity index (χ4n) is 2.78. The molecule has 0 saturated carbocycles. The summed E-state index contributed by atoms with van der Waals surface area (Å²) in [4.78, 5) is 42.9. The average molecular weight is 423 g/mol. The fourth-order valence-corrected chi connectivity index (χ4v) is 3.79. The maximum Gasteiger partial charge on any atom is 0.337 e. The van der Waals surface area contributed by atoms with Crippen molar-refractivity contribution < 1.29 is 19.1 Å². The highest BCUT2D eigenvalue weighted by molar-refractivity contribution is 7.17. The average Bonchev–Trinajstić information content (AvgIpc) is 3.13. The second-order valence-corrected chi connectivity index (χ2v) is 7.50. The van der Waals surface area contributed by atoms with Crippen LogP contribution in [0.15, 0.2) is 54.6 Å². The summed E-state index contributed by atoms with van der Waals surface area (Å²) in [6.07, 6.45) is 0. The molecule has 0 aliphatic carbocycles. The molecule has 1 heterocycles. The molecule has 2 aromatic carbocycles. The third-order valence-electron chi connectivity index (χ3n) is 4.35. The summed E-state index contributed by atoms with van der Waals surface area (Å²) < 4.78 is 4.66. The molecule has 0 atom stereocenters. The predicted octanol–water partition coefficient (Wildman–Crippen LogP) is 4.04. The van der Waals surface area contributed by atoms with Crippen LogP contribution in [0.5, 0.6) is 0 Å². The number of amides is 2. The zero-order valence-electron chi connectivity index (χ0n) is 16.8. The number of methoxy groups -OCH3 is 1. The Morgan fingerprint density at radius 3 is 2.33 bits per heavy atom. The SMILES string of the molecule is COC(=O)c1ccc(NC(=O)c2sc(N(Cc3ccccc3)C(C)=O)nc2C)cc1. The molecule has 1 N–H and O–H groups in total. The minimum absolute atomic E-state index is 0.155. The number of ether oxygens (including phenoxy) is 1. The summed E-state index contributed by atoms with van der Waals surface area (Å²) in [5, 5.41) is 3.26. The van der Waals surface area contributed by atoms with Crippen molar-refractivity contribution >= 4 is 39.9 Å². The first-order valence-electron chi connectivity index (χ1n) is 9.18. The number of benzene rings is 2. The number of hydrogen-bond acceptors (Lipinski definition) is 6. The van der Waals surface area contributed by atoms with Crippen molar-refractivity contribution in [3.8, 4) is 0 Å². The van der Waals surface area contributed by atoms with Crippen molar-refractivity contribution in [2.24, 2.45) is 0 Å². The van der Waals surface area contributed by atoms with E-state index in [2.05, 4.69) is 15.0 Å². The first-order chi connectivity index (χ1) is 14.4. The van der Waals surface area contributed by atoms with E-state index >= 15 is 0 Å². The van der Waals surface area contributed by atoms with Gasteiger partial charge >= 0.3 is 5.97 Å². The molecule has 3 aromatic rings. The quantitative estimate of drug-likeness (QED) is 0.605. The molecule has 0 bridgehead atoms. The largest absolute Gasteiger partial charge is 0.465 e. The van der Waals surface area contributed by atoms with E-state index in [0.29, 0.717) is 33.5 Å².